The first-order valence-corrected chi connectivity index (χ1v) is 12.9. The topological polar surface area (TPSA) is 61.8 Å². The normalized spacial score (nSPS) is 30.6. The third-order valence-corrected chi connectivity index (χ3v) is 8.50. The van der Waals surface area contributed by atoms with Gasteiger partial charge in [0.15, 0.2) is 0 Å². The van der Waals surface area contributed by atoms with Crippen molar-refractivity contribution in [3.8, 4) is 5.75 Å². The molecule has 0 aromatic heterocycles. The molecule has 0 spiro atoms. The molecule has 0 amide bonds. The van der Waals surface area contributed by atoms with Crippen molar-refractivity contribution in [3.05, 3.63) is 29.3 Å². The molecule has 0 unspecified atom stereocenters. The fourth-order valence-corrected chi connectivity index (χ4v) is 6.47. The Morgan fingerprint density at radius 3 is 2.35 bits per heavy atom. The van der Waals surface area contributed by atoms with Gasteiger partial charge in [-0.05, 0) is 121 Å². The van der Waals surface area contributed by atoms with Crippen molar-refractivity contribution in [3.63, 3.8) is 0 Å². The summed E-state index contributed by atoms with van der Waals surface area (Å²) in [4.78, 5) is 24.6. The van der Waals surface area contributed by atoms with E-state index < -0.39 is 10.8 Å². The second kappa shape index (κ2) is 8.87. The van der Waals surface area contributed by atoms with Gasteiger partial charge in [0.2, 0.25) is 6.79 Å². The number of ether oxygens (including phenoxy) is 3. The van der Waals surface area contributed by atoms with Crippen molar-refractivity contribution in [2.75, 3.05) is 6.79 Å². The summed E-state index contributed by atoms with van der Waals surface area (Å²) >= 11 is 0. The standard InChI is InChI=1S/C29H42O5/c1-27(2,3)25(30)33-17-32-19-9-11-20-18(16-19)8-10-22-21(20)14-15-29(7)23(22)12-13-24(29)34-26(31)28(4,5)6/h9,11,16,21-24H,8,10,12-15,17H2,1-7H3/t21-,22-,23+,24+,29+/m1/s1. The van der Waals surface area contributed by atoms with Crippen LogP contribution >= 0.6 is 0 Å². The van der Waals surface area contributed by atoms with Crippen molar-refractivity contribution in [1.29, 1.82) is 0 Å². The van der Waals surface area contributed by atoms with Gasteiger partial charge in [0.25, 0.3) is 0 Å². The molecule has 0 aliphatic heterocycles. The Balaban J connectivity index is 1.42. The SMILES string of the molecule is CC(C)(C)C(=O)OCOc1ccc2c(c1)CC[C@@H]1[C@@H]2CC[C@]2(C)[C@@H](OC(=O)C(C)(C)C)CC[C@@H]12. The zero-order valence-corrected chi connectivity index (χ0v) is 22.0. The van der Waals surface area contributed by atoms with E-state index in [0.717, 1.165) is 37.9 Å². The summed E-state index contributed by atoms with van der Waals surface area (Å²) in [6.07, 6.45) is 6.61. The van der Waals surface area contributed by atoms with Crippen LogP contribution in [0.5, 0.6) is 5.75 Å². The zero-order valence-electron chi connectivity index (χ0n) is 22.0. The number of fused-ring (bicyclic) bond motifs is 5. The summed E-state index contributed by atoms with van der Waals surface area (Å²) in [7, 11) is 0. The van der Waals surface area contributed by atoms with Gasteiger partial charge in [-0.3, -0.25) is 9.59 Å². The van der Waals surface area contributed by atoms with Crippen molar-refractivity contribution in [2.45, 2.75) is 99.0 Å². The van der Waals surface area contributed by atoms with E-state index >= 15 is 0 Å². The van der Waals surface area contributed by atoms with Gasteiger partial charge < -0.3 is 14.2 Å². The highest BCUT2D eigenvalue weighted by Gasteiger charge is 2.56. The molecule has 0 N–H and O–H groups in total. The van der Waals surface area contributed by atoms with E-state index in [0.29, 0.717) is 17.8 Å². The molecule has 5 heteroatoms. The zero-order chi connectivity index (χ0) is 24.9. The van der Waals surface area contributed by atoms with E-state index in [2.05, 4.69) is 19.1 Å². The first kappa shape index (κ1) is 25.1. The smallest absolute Gasteiger partial charge is 0.314 e. The van der Waals surface area contributed by atoms with Crippen LogP contribution in [0.15, 0.2) is 18.2 Å². The summed E-state index contributed by atoms with van der Waals surface area (Å²) in [5.41, 5.74) is 1.90. The Kier molecular flexibility index (Phi) is 6.54. The largest absolute Gasteiger partial charge is 0.461 e. The molecule has 2 fully saturated rings. The molecule has 1 aromatic rings. The fraction of sp³-hybridized carbons (Fsp3) is 0.724. The number of benzene rings is 1. The lowest BCUT2D eigenvalue weighted by molar-refractivity contribution is -0.167. The van der Waals surface area contributed by atoms with Gasteiger partial charge in [-0.1, -0.05) is 13.0 Å². The number of hydrogen-bond donors (Lipinski definition) is 0. The Hall–Kier alpha value is -2.04. The second-order valence-corrected chi connectivity index (χ2v) is 13.0. The van der Waals surface area contributed by atoms with Crippen LogP contribution in [-0.4, -0.2) is 24.8 Å². The monoisotopic (exact) mass is 470 g/mol. The van der Waals surface area contributed by atoms with Crippen molar-refractivity contribution >= 4 is 11.9 Å². The Morgan fingerprint density at radius 2 is 1.68 bits per heavy atom. The van der Waals surface area contributed by atoms with Gasteiger partial charge in [0.1, 0.15) is 11.9 Å². The van der Waals surface area contributed by atoms with Gasteiger partial charge in [0, 0.05) is 5.41 Å². The van der Waals surface area contributed by atoms with Crippen LogP contribution in [0, 0.1) is 28.1 Å². The lowest BCUT2D eigenvalue weighted by Crippen LogP contribution is -2.46. The summed E-state index contributed by atoms with van der Waals surface area (Å²) in [5, 5.41) is 0. The molecule has 0 heterocycles. The maximum absolute atomic E-state index is 12.6. The van der Waals surface area contributed by atoms with Crippen LogP contribution < -0.4 is 4.74 Å². The lowest BCUT2D eigenvalue weighted by Gasteiger charge is -2.50. The van der Waals surface area contributed by atoms with E-state index in [-0.39, 0.29) is 30.3 Å². The first-order chi connectivity index (χ1) is 15.8. The number of carbonyl (C=O) groups is 2. The lowest BCUT2D eigenvalue weighted by atomic mass is 9.55. The van der Waals surface area contributed by atoms with Gasteiger partial charge in [-0.15, -0.1) is 0 Å². The van der Waals surface area contributed by atoms with E-state index in [1.54, 1.807) is 0 Å². The highest BCUT2D eigenvalue weighted by atomic mass is 16.7. The maximum Gasteiger partial charge on any atom is 0.314 e. The van der Waals surface area contributed by atoms with Gasteiger partial charge in [-0.2, -0.15) is 0 Å². The van der Waals surface area contributed by atoms with E-state index in [1.165, 1.54) is 17.5 Å². The van der Waals surface area contributed by atoms with Crippen LogP contribution in [0.1, 0.15) is 97.6 Å². The Bertz CT molecular complexity index is 937. The fourth-order valence-electron chi connectivity index (χ4n) is 6.47. The van der Waals surface area contributed by atoms with Crippen LogP contribution in [0.4, 0.5) is 0 Å². The van der Waals surface area contributed by atoms with E-state index in [9.17, 15) is 9.59 Å². The van der Waals surface area contributed by atoms with Crippen molar-refractivity contribution in [2.24, 2.45) is 28.1 Å². The molecule has 0 saturated heterocycles. The highest BCUT2D eigenvalue weighted by molar-refractivity contribution is 5.75. The minimum Gasteiger partial charge on any atom is -0.461 e. The molecule has 3 aliphatic rings. The van der Waals surface area contributed by atoms with Gasteiger partial charge in [0.05, 0.1) is 10.8 Å². The molecular weight excluding hydrogens is 428 g/mol. The molecule has 34 heavy (non-hydrogen) atoms. The molecule has 2 saturated carbocycles. The Labute approximate surface area is 204 Å². The maximum atomic E-state index is 12.6. The van der Waals surface area contributed by atoms with Crippen LogP contribution in [0.2, 0.25) is 0 Å². The van der Waals surface area contributed by atoms with Crippen molar-refractivity contribution in [1.82, 2.24) is 0 Å². The van der Waals surface area contributed by atoms with E-state index in [4.69, 9.17) is 14.2 Å². The van der Waals surface area contributed by atoms with E-state index in [1.807, 2.05) is 47.6 Å². The van der Waals surface area contributed by atoms with Crippen molar-refractivity contribution < 1.29 is 23.8 Å². The molecular formula is C29H42O5. The summed E-state index contributed by atoms with van der Waals surface area (Å²) < 4.78 is 17.1. The number of rotatable bonds is 4. The van der Waals surface area contributed by atoms with Gasteiger partial charge in [-0.25, -0.2) is 0 Å². The molecule has 5 atom stereocenters. The van der Waals surface area contributed by atoms with Gasteiger partial charge >= 0.3 is 11.9 Å². The second-order valence-electron chi connectivity index (χ2n) is 13.0. The number of aryl methyl sites for hydroxylation is 1. The summed E-state index contributed by atoms with van der Waals surface area (Å²) in [5.74, 6) is 2.23. The quantitative estimate of drug-likeness (QED) is 0.375. The average molecular weight is 471 g/mol. The predicted octanol–water partition coefficient (Wildman–Crippen LogP) is 6.43. The highest BCUT2D eigenvalue weighted by Crippen LogP contribution is 2.61. The molecule has 5 nitrogen and oxygen atoms in total. The molecule has 1 aromatic carbocycles. The Morgan fingerprint density at radius 1 is 0.971 bits per heavy atom. The molecule has 4 rings (SSSR count). The predicted molar refractivity (Wildman–Crippen MR) is 131 cm³/mol. The van der Waals surface area contributed by atoms with Crippen LogP contribution in [0.25, 0.3) is 0 Å². The minimum absolute atomic E-state index is 0.0400. The molecule has 188 valence electrons. The molecule has 3 aliphatic carbocycles. The molecule has 0 radical (unpaired) electrons. The third-order valence-electron chi connectivity index (χ3n) is 8.50. The summed E-state index contributed by atoms with van der Waals surface area (Å²) in [6, 6.07) is 6.37. The molecule has 0 bridgehead atoms. The third kappa shape index (κ3) is 4.72. The van der Waals surface area contributed by atoms with Crippen LogP contribution in [0.3, 0.4) is 0 Å². The average Bonchev–Trinajstić information content (AvgIpc) is 3.08. The number of hydrogen-bond acceptors (Lipinski definition) is 5. The van der Waals surface area contributed by atoms with Crippen LogP contribution in [-0.2, 0) is 25.5 Å². The number of esters is 2. The minimum atomic E-state index is -0.534. The number of carbonyl (C=O) groups excluding carboxylic acids is 2. The summed E-state index contributed by atoms with van der Waals surface area (Å²) in [6.45, 7) is 13.6. The first-order valence-electron chi connectivity index (χ1n) is 12.9.